The summed E-state index contributed by atoms with van der Waals surface area (Å²) in [6.45, 7) is 9.24. The van der Waals surface area contributed by atoms with Gasteiger partial charge in [-0.3, -0.25) is 14.5 Å². The Hall–Kier alpha value is -1.88. The fourth-order valence-corrected chi connectivity index (χ4v) is 4.11. The standard InChI is InChI=1S/C19H27N3O2/c1-13(2)7-8-21-11-15-9-16(12-21)18(10-20-14(3)23)22-17(15)5-4-6-19(22)24/h4-7,15-16,18H,8-12H2,1-3H3,(H,20,23)/t15-,16+,18+/m1/s1. The van der Waals surface area contributed by atoms with Gasteiger partial charge in [-0.25, -0.2) is 0 Å². The molecule has 1 fully saturated rings. The number of pyridine rings is 1. The monoisotopic (exact) mass is 329 g/mol. The van der Waals surface area contributed by atoms with E-state index in [1.54, 1.807) is 6.07 Å². The molecule has 1 N–H and O–H groups in total. The Morgan fingerprint density at radius 3 is 2.79 bits per heavy atom. The van der Waals surface area contributed by atoms with Gasteiger partial charge in [-0.05, 0) is 32.3 Å². The SMILES string of the molecule is CC(=O)NC[C@H]1[C@H]2C[C@H](CN(CC=C(C)C)C2)c2cccc(=O)n21. The maximum absolute atomic E-state index is 12.5. The van der Waals surface area contributed by atoms with Crippen LogP contribution < -0.4 is 10.9 Å². The number of nitrogens with one attached hydrogen (secondary N) is 1. The van der Waals surface area contributed by atoms with Crippen LogP contribution in [0, 0.1) is 5.92 Å². The molecule has 0 radical (unpaired) electrons. The molecule has 1 saturated heterocycles. The molecule has 2 aliphatic heterocycles. The van der Waals surface area contributed by atoms with Gasteiger partial charge in [0.1, 0.15) is 0 Å². The predicted molar refractivity (Wildman–Crippen MR) is 95.1 cm³/mol. The molecule has 1 amide bonds. The second kappa shape index (κ2) is 6.93. The molecule has 3 atom stereocenters. The van der Waals surface area contributed by atoms with Crippen molar-refractivity contribution in [3.8, 4) is 0 Å². The first-order valence-corrected chi connectivity index (χ1v) is 8.77. The number of likely N-dealkylation sites (tertiary alicyclic amines) is 1. The van der Waals surface area contributed by atoms with E-state index in [9.17, 15) is 9.59 Å². The quantitative estimate of drug-likeness (QED) is 0.859. The van der Waals surface area contributed by atoms with Gasteiger partial charge in [0, 0.05) is 50.8 Å². The molecule has 5 nitrogen and oxygen atoms in total. The Bertz CT molecular complexity index is 703. The second-order valence-corrected chi connectivity index (χ2v) is 7.36. The van der Waals surface area contributed by atoms with Crippen molar-refractivity contribution in [2.24, 2.45) is 5.92 Å². The van der Waals surface area contributed by atoms with Crippen LogP contribution in [0.5, 0.6) is 0 Å². The van der Waals surface area contributed by atoms with Gasteiger partial charge in [0.25, 0.3) is 5.56 Å². The van der Waals surface area contributed by atoms with Crippen LogP contribution in [0.3, 0.4) is 0 Å². The highest BCUT2D eigenvalue weighted by atomic mass is 16.1. The van der Waals surface area contributed by atoms with Crippen LogP contribution in [0.1, 0.15) is 44.8 Å². The Labute approximate surface area is 143 Å². The number of amides is 1. The maximum Gasteiger partial charge on any atom is 0.251 e. The zero-order chi connectivity index (χ0) is 17.3. The minimum absolute atomic E-state index is 0.0418. The molecule has 3 heterocycles. The maximum atomic E-state index is 12.5. The van der Waals surface area contributed by atoms with Gasteiger partial charge in [-0.1, -0.05) is 17.7 Å². The normalized spacial score (nSPS) is 25.7. The predicted octanol–water partition coefficient (Wildman–Crippen LogP) is 1.91. The number of fused-ring (bicyclic) bond motifs is 4. The third-order valence-corrected chi connectivity index (χ3v) is 5.19. The van der Waals surface area contributed by atoms with Gasteiger partial charge in [0.15, 0.2) is 0 Å². The van der Waals surface area contributed by atoms with Crippen molar-refractivity contribution < 1.29 is 4.79 Å². The molecule has 2 bridgehead atoms. The summed E-state index contributed by atoms with van der Waals surface area (Å²) in [7, 11) is 0. The van der Waals surface area contributed by atoms with Gasteiger partial charge < -0.3 is 9.88 Å². The fraction of sp³-hybridized carbons (Fsp3) is 0.579. The van der Waals surface area contributed by atoms with E-state index in [4.69, 9.17) is 0 Å². The lowest BCUT2D eigenvalue weighted by atomic mass is 9.78. The van der Waals surface area contributed by atoms with Crippen molar-refractivity contribution in [1.82, 2.24) is 14.8 Å². The summed E-state index contributed by atoms with van der Waals surface area (Å²) in [6.07, 6.45) is 3.36. The molecule has 0 aliphatic carbocycles. The second-order valence-electron chi connectivity index (χ2n) is 7.36. The zero-order valence-electron chi connectivity index (χ0n) is 14.8. The van der Waals surface area contributed by atoms with Crippen LogP contribution in [-0.4, -0.2) is 41.6 Å². The molecule has 1 aromatic rings. The van der Waals surface area contributed by atoms with Gasteiger partial charge >= 0.3 is 0 Å². The highest BCUT2D eigenvalue weighted by Crippen LogP contribution is 2.40. The number of piperidine rings is 1. The minimum atomic E-state index is -0.0418. The minimum Gasteiger partial charge on any atom is -0.354 e. The Balaban J connectivity index is 1.91. The lowest BCUT2D eigenvalue weighted by Crippen LogP contribution is -2.51. The summed E-state index contributed by atoms with van der Waals surface area (Å²) in [4.78, 5) is 26.3. The summed E-state index contributed by atoms with van der Waals surface area (Å²) < 4.78 is 1.94. The lowest BCUT2D eigenvalue weighted by molar-refractivity contribution is -0.119. The number of aromatic nitrogens is 1. The molecule has 130 valence electrons. The van der Waals surface area contributed by atoms with Crippen molar-refractivity contribution >= 4 is 5.91 Å². The first-order chi connectivity index (χ1) is 11.5. The van der Waals surface area contributed by atoms with Crippen molar-refractivity contribution in [3.63, 3.8) is 0 Å². The largest absolute Gasteiger partial charge is 0.354 e. The third kappa shape index (κ3) is 3.46. The van der Waals surface area contributed by atoms with E-state index in [1.807, 2.05) is 10.6 Å². The number of allylic oxidation sites excluding steroid dienone is 1. The fourth-order valence-electron chi connectivity index (χ4n) is 4.11. The van der Waals surface area contributed by atoms with Crippen LogP contribution in [0.15, 0.2) is 34.6 Å². The zero-order valence-corrected chi connectivity index (χ0v) is 14.8. The van der Waals surface area contributed by atoms with Gasteiger partial charge in [0.2, 0.25) is 5.91 Å². The molecular formula is C19H27N3O2. The average molecular weight is 329 g/mol. The van der Waals surface area contributed by atoms with Gasteiger partial charge in [-0.15, -0.1) is 0 Å². The Morgan fingerprint density at radius 1 is 1.29 bits per heavy atom. The third-order valence-electron chi connectivity index (χ3n) is 5.19. The number of carbonyl (C=O) groups excluding carboxylic acids is 1. The summed E-state index contributed by atoms with van der Waals surface area (Å²) in [5.74, 6) is 0.755. The van der Waals surface area contributed by atoms with E-state index in [0.717, 1.165) is 31.7 Å². The van der Waals surface area contributed by atoms with Crippen LogP contribution in [0.4, 0.5) is 0 Å². The number of rotatable bonds is 4. The first-order valence-electron chi connectivity index (χ1n) is 8.77. The summed E-state index contributed by atoms with van der Waals surface area (Å²) in [6, 6.07) is 5.61. The molecule has 1 aromatic heterocycles. The number of nitrogens with zero attached hydrogens (tertiary/aromatic N) is 2. The van der Waals surface area contributed by atoms with Crippen molar-refractivity contribution in [2.45, 2.75) is 39.2 Å². The summed E-state index contributed by atoms with van der Waals surface area (Å²) >= 11 is 0. The summed E-state index contributed by atoms with van der Waals surface area (Å²) in [5, 5.41) is 2.92. The molecule has 5 heteroatoms. The van der Waals surface area contributed by atoms with Gasteiger partial charge in [0.05, 0.1) is 6.04 Å². The molecule has 24 heavy (non-hydrogen) atoms. The lowest BCUT2D eigenvalue weighted by Gasteiger charge is -2.47. The smallest absolute Gasteiger partial charge is 0.251 e. The average Bonchev–Trinajstić information content (AvgIpc) is 2.53. The van der Waals surface area contributed by atoms with Crippen molar-refractivity contribution in [1.29, 1.82) is 0 Å². The van der Waals surface area contributed by atoms with E-state index < -0.39 is 0 Å². The Kier molecular flexibility index (Phi) is 4.90. The molecule has 0 spiro atoms. The van der Waals surface area contributed by atoms with Crippen LogP contribution in [0.25, 0.3) is 0 Å². The van der Waals surface area contributed by atoms with Crippen LogP contribution in [-0.2, 0) is 4.79 Å². The van der Waals surface area contributed by atoms with E-state index in [1.165, 1.54) is 12.5 Å². The first kappa shape index (κ1) is 17.0. The van der Waals surface area contributed by atoms with Crippen molar-refractivity contribution in [3.05, 3.63) is 45.9 Å². The van der Waals surface area contributed by atoms with E-state index in [0.29, 0.717) is 18.4 Å². The number of hydrogen-bond acceptors (Lipinski definition) is 3. The molecule has 3 rings (SSSR count). The van der Waals surface area contributed by atoms with E-state index >= 15 is 0 Å². The molecular weight excluding hydrogens is 302 g/mol. The number of carbonyl (C=O) groups is 1. The highest BCUT2D eigenvalue weighted by Gasteiger charge is 2.40. The highest BCUT2D eigenvalue weighted by molar-refractivity contribution is 5.72. The topological polar surface area (TPSA) is 54.3 Å². The Morgan fingerprint density at radius 2 is 2.08 bits per heavy atom. The molecule has 0 unspecified atom stereocenters. The molecule has 0 aromatic carbocycles. The van der Waals surface area contributed by atoms with E-state index in [2.05, 4.69) is 36.2 Å². The number of hydrogen-bond donors (Lipinski definition) is 1. The van der Waals surface area contributed by atoms with Crippen LogP contribution in [0.2, 0.25) is 0 Å². The van der Waals surface area contributed by atoms with Crippen LogP contribution >= 0.6 is 0 Å². The summed E-state index contributed by atoms with van der Waals surface area (Å²) in [5.41, 5.74) is 2.50. The molecule has 2 aliphatic rings. The van der Waals surface area contributed by atoms with Crippen molar-refractivity contribution in [2.75, 3.05) is 26.2 Å². The molecule has 0 saturated carbocycles. The van der Waals surface area contributed by atoms with Gasteiger partial charge in [-0.2, -0.15) is 0 Å². The van der Waals surface area contributed by atoms with E-state index in [-0.39, 0.29) is 17.5 Å².